The highest BCUT2D eigenvalue weighted by atomic mass is 35.5. The fourth-order valence-corrected chi connectivity index (χ4v) is 3.48. The minimum absolute atomic E-state index is 0.0145. The zero-order valence-electron chi connectivity index (χ0n) is 17.7. The molecule has 1 atom stereocenters. The van der Waals surface area contributed by atoms with Gasteiger partial charge in [0.2, 0.25) is 17.7 Å². The Hall–Kier alpha value is -2.16. The van der Waals surface area contributed by atoms with Crippen molar-refractivity contribution < 1.29 is 19.1 Å². The molecular weight excluding hydrogens is 408 g/mol. The van der Waals surface area contributed by atoms with E-state index in [4.69, 9.17) is 16.3 Å². The third-order valence-corrected chi connectivity index (χ3v) is 5.22. The van der Waals surface area contributed by atoms with Crippen molar-refractivity contribution in [2.45, 2.75) is 25.8 Å². The smallest absolute Gasteiger partial charge is 0.234 e. The number of piperazine rings is 1. The van der Waals surface area contributed by atoms with Crippen molar-refractivity contribution in [2.75, 3.05) is 53.0 Å². The van der Waals surface area contributed by atoms with Crippen molar-refractivity contribution >= 4 is 29.3 Å². The molecule has 0 aromatic heterocycles. The maximum atomic E-state index is 12.8. The number of ether oxygens (including phenoxy) is 1. The van der Waals surface area contributed by atoms with Crippen molar-refractivity contribution in [3.63, 3.8) is 0 Å². The van der Waals surface area contributed by atoms with E-state index in [1.54, 1.807) is 24.1 Å². The van der Waals surface area contributed by atoms with E-state index in [-0.39, 0.29) is 24.1 Å². The molecule has 1 aliphatic rings. The second-order valence-electron chi connectivity index (χ2n) is 7.36. The van der Waals surface area contributed by atoms with E-state index in [1.807, 2.05) is 17.0 Å². The van der Waals surface area contributed by atoms with Gasteiger partial charge in [-0.15, -0.1) is 0 Å². The summed E-state index contributed by atoms with van der Waals surface area (Å²) in [6, 6.07) is 6.73. The standard InChI is InChI=1S/C21H31ClN4O4/c1-16(27)24-19(17-4-6-18(22)7-5-17)14-21(29)26-11-9-25(10-12-26)15-20(28)23-8-3-13-30-2/h4-7,19H,3,8-15H2,1-2H3,(H,23,28)(H,24,27). The van der Waals surface area contributed by atoms with Gasteiger partial charge in [-0.3, -0.25) is 19.3 Å². The molecule has 0 spiro atoms. The van der Waals surface area contributed by atoms with Crippen LogP contribution in [0, 0.1) is 0 Å². The lowest BCUT2D eigenvalue weighted by molar-refractivity contribution is -0.134. The fourth-order valence-electron chi connectivity index (χ4n) is 3.36. The minimum Gasteiger partial charge on any atom is -0.385 e. The van der Waals surface area contributed by atoms with Gasteiger partial charge in [-0.2, -0.15) is 0 Å². The molecule has 2 rings (SSSR count). The Morgan fingerprint density at radius 2 is 1.80 bits per heavy atom. The van der Waals surface area contributed by atoms with E-state index < -0.39 is 6.04 Å². The number of carbonyl (C=O) groups is 3. The van der Waals surface area contributed by atoms with Gasteiger partial charge in [-0.25, -0.2) is 0 Å². The van der Waals surface area contributed by atoms with Gasteiger partial charge in [-0.1, -0.05) is 23.7 Å². The molecule has 1 saturated heterocycles. The maximum Gasteiger partial charge on any atom is 0.234 e. The monoisotopic (exact) mass is 438 g/mol. The average molecular weight is 439 g/mol. The van der Waals surface area contributed by atoms with E-state index in [9.17, 15) is 14.4 Å². The highest BCUT2D eigenvalue weighted by Crippen LogP contribution is 2.21. The molecule has 2 N–H and O–H groups in total. The molecular formula is C21H31ClN4O4. The fraction of sp³-hybridized carbons (Fsp3) is 0.571. The summed E-state index contributed by atoms with van der Waals surface area (Å²) in [6.07, 6.45) is 0.967. The molecule has 9 heteroatoms. The number of halogens is 1. The molecule has 8 nitrogen and oxygen atoms in total. The lowest BCUT2D eigenvalue weighted by Crippen LogP contribution is -2.51. The Balaban J connectivity index is 1.81. The number of hydrogen-bond acceptors (Lipinski definition) is 5. The number of rotatable bonds is 10. The van der Waals surface area contributed by atoms with Crippen LogP contribution < -0.4 is 10.6 Å². The second kappa shape index (κ2) is 12.5. The van der Waals surface area contributed by atoms with E-state index in [0.29, 0.717) is 50.9 Å². The third kappa shape index (κ3) is 8.30. The summed E-state index contributed by atoms with van der Waals surface area (Å²) in [5.74, 6) is -0.226. The topological polar surface area (TPSA) is 91.0 Å². The first-order valence-electron chi connectivity index (χ1n) is 10.2. The van der Waals surface area contributed by atoms with E-state index in [2.05, 4.69) is 10.6 Å². The summed E-state index contributed by atoms with van der Waals surface area (Å²) in [5.41, 5.74) is 0.840. The van der Waals surface area contributed by atoms with E-state index in [0.717, 1.165) is 12.0 Å². The zero-order valence-corrected chi connectivity index (χ0v) is 18.4. The van der Waals surface area contributed by atoms with Crippen LogP contribution in [-0.2, 0) is 19.1 Å². The summed E-state index contributed by atoms with van der Waals surface area (Å²) in [7, 11) is 1.64. The van der Waals surface area contributed by atoms with E-state index in [1.165, 1.54) is 6.92 Å². The highest BCUT2D eigenvalue weighted by molar-refractivity contribution is 6.30. The maximum absolute atomic E-state index is 12.8. The lowest BCUT2D eigenvalue weighted by atomic mass is 10.0. The molecule has 1 aromatic carbocycles. The number of amides is 3. The number of hydrogen-bond donors (Lipinski definition) is 2. The van der Waals surface area contributed by atoms with Crippen LogP contribution in [0.3, 0.4) is 0 Å². The van der Waals surface area contributed by atoms with Crippen molar-refractivity contribution in [3.05, 3.63) is 34.9 Å². The zero-order chi connectivity index (χ0) is 21.9. The Morgan fingerprint density at radius 1 is 1.13 bits per heavy atom. The summed E-state index contributed by atoms with van der Waals surface area (Å²) in [5, 5.41) is 6.32. The molecule has 3 amide bonds. The normalized spacial score (nSPS) is 15.5. The van der Waals surface area contributed by atoms with Crippen LogP contribution in [-0.4, -0.2) is 80.5 Å². The van der Waals surface area contributed by atoms with Crippen LogP contribution in [0.25, 0.3) is 0 Å². The van der Waals surface area contributed by atoms with Gasteiger partial charge >= 0.3 is 0 Å². The predicted octanol–water partition coefficient (Wildman–Crippen LogP) is 1.20. The summed E-state index contributed by atoms with van der Waals surface area (Å²) in [4.78, 5) is 40.2. The van der Waals surface area contributed by atoms with Gasteiger partial charge in [0.15, 0.2) is 0 Å². The van der Waals surface area contributed by atoms with Crippen LogP contribution >= 0.6 is 11.6 Å². The van der Waals surface area contributed by atoms with Crippen LogP contribution in [0.15, 0.2) is 24.3 Å². The number of benzene rings is 1. The molecule has 0 bridgehead atoms. The Bertz CT molecular complexity index is 705. The van der Waals surface area contributed by atoms with Gasteiger partial charge in [0.05, 0.1) is 19.0 Å². The second-order valence-corrected chi connectivity index (χ2v) is 7.80. The molecule has 1 aromatic rings. The van der Waals surface area contributed by atoms with Gasteiger partial charge in [0.1, 0.15) is 0 Å². The van der Waals surface area contributed by atoms with Crippen molar-refractivity contribution in [3.8, 4) is 0 Å². The quantitative estimate of drug-likeness (QED) is 0.536. The van der Waals surface area contributed by atoms with Crippen LogP contribution in [0.5, 0.6) is 0 Å². The van der Waals surface area contributed by atoms with Crippen LogP contribution in [0.1, 0.15) is 31.4 Å². The lowest BCUT2D eigenvalue weighted by Gasteiger charge is -2.35. The molecule has 0 aliphatic carbocycles. The van der Waals surface area contributed by atoms with Crippen molar-refractivity contribution in [1.29, 1.82) is 0 Å². The molecule has 0 radical (unpaired) electrons. The van der Waals surface area contributed by atoms with Crippen molar-refractivity contribution in [1.82, 2.24) is 20.4 Å². The van der Waals surface area contributed by atoms with Gasteiger partial charge in [0, 0.05) is 58.4 Å². The predicted molar refractivity (Wildman–Crippen MR) is 115 cm³/mol. The number of methoxy groups -OCH3 is 1. The Morgan fingerprint density at radius 3 is 2.40 bits per heavy atom. The summed E-state index contributed by atoms with van der Waals surface area (Å²) in [6.45, 7) is 5.38. The van der Waals surface area contributed by atoms with Gasteiger partial charge in [0.25, 0.3) is 0 Å². The van der Waals surface area contributed by atoms with E-state index >= 15 is 0 Å². The molecule has 1 aliphatic heterocycles. The number of nitrogens with zero attached hydrogens (tertiary/aromatic N) is 2. The molecule has 0 saturated carbocycles. The first-order chi connectivity index (χ1) is 14.4. The van der Waals surface area contributed by atoms with Crippen LogP contribution in [0.4, 0.5) is 0 Å². The summed E-state index contributed by atoms with van der Waals surface area (Å²) < 4.78 is 4.96. The largest absolute Gasteiger partial charge is 0.385 e. The molecule has 1 unspecified atom stereocenters. The minimum atomic E-state index is -0.400. The van der Waals surface area contributed by atoms with Crippen molar-refractivity contribution in [2.24, 2.45) is 0 Å². The molecule has 166 valence electrons. The van der Waals surface area contributed by atoms with Gasteiger partial charge in [-0.05, 0) is 24.1 Å². The first-order valence-corrected chi connectivity index (χ1v) is 10.5. The third-order valence-electron chi connectivity index (χ3n) is 4.97. The van der Waals surface area contributed by atoms with Gasteiger partial charge < -0.3 is 20.3 Å². The van der Waals surface area contributed by atoms with Crippen LogP contribution in [0.2, 0.25) is 5.02 Å². The SMILES string of the molecule is COCCCNC(=O)CN1CCN(C(=O)CC(NC(C)=O)c2ccc(Cl)cc2)CC1. The average Bonchev–Trinajstić information content (AvgIpc) is 2.71. The first kappa shape index (κ1) is 24.1. The highest BCUT2D eigenvalue weighted by Gasteiger charge is 2.25. The Kier molecular flexibility index (Phi) is 10.1. The molecule has 1 fully saturated rings. The Labute approximate surface area is 182 Å². The summed E-state index contributed by atoms with van der Waals surface area (Å²) >= 11 is 5.94. The molecule has 1 heterocycles. The number of carbonyl (C=O) groups excluding carboxylic acids is 3. The molecule has 30 heavy (non-hydrogen) atoms. The number of nitrogens with one attached hydrogen (secondary N) is 2.